The molecule has 0 aliphatic heterocycles. The van der Waals surface area contributed by atoms with Gasteiger partial charge < -0.3 is 29.0 Å². The maximum atomic E-state index is 16.1. The lowest BCUT2D eigenvalue weighted by Gasteiger charge is -2.34. The third-order valence-electron chi connectivity index (χ3n) is 8.80. The van der Waals surface area contributed by atoms with Crippen LogP contribution in [-0.4, -0.2) is 86.9 Å². The number of ether oxygens (including phenoxy) is 4. The molecule has 4 rings (SSSR count). The molecular formula is C44H56FN5O9. The highest BCUT2D eigenvalue weighted by atomic mass is 19.1. The summed E-state index contributed by atoms with van der Waals surface area (Å²) in [6, 6.07) is 8.59. The van der Waals surface area contributed by atoms with Crippen molar-refractivity contribution in [1.82, 2.24) is 14.9 Å². The molecule has 1 saturated carbocycles. The molecule has 2 atom stereocenters. The van der Waals surface area contributed by atoms with Gasteiger partial charge in [-0.05, 0) is 143 Å². The van der Waals surface area contributed by atoms with Crippen molar-refractivity contribution in [3.8, 4) is 28.8 Å². The molecule has 2 aromatic carbocycles. The molecule has 15 heteroatoms. The molecule has 1 aliphatic carbocycles. The summed E-state index contributed by atoms with van der Waals surface area (Å²) in [6.07, 6.45) is -1.04. The van der Waals surface area contributed by atoms with Crippen LogP contribution in [0.25, 0.3) is 11.3 Å². The van der Waals surface area contributed by atoms with Crippen LogP contribution < -0.4 is 14.5 Å². The SMILES string of the molecule is CC#CC(=O)N(C)[C@@H](C)COc1c(-c2cc(F)cc(N(C(=O)c3ccc(C4CC4)cc3)C(O)OC(C)(C)C)c2C)ncnc1N(C(=O)OC(C)(C)C)C(=O)OC(C)(C)C. The fraction of sp³-hybridized carbons (Fsp3) is 0.500. The normalized spacial score (nSPS) is 13.9. The number of aliphatic hydroxyl groups is 1. The van der Waals surface area contributed by atoms with E-state index in [1.54, 1.807) is 88.3 Å². The number of nitrogens with zero attached hydrogens (tertiary/aromatic N) is 5. The number of imide groups is 1. The Hall–Kier alpha value is -5.59. The Labute approximate surface area is 346 Å². The van der Waals surface area contributed by atoms with Crippen molar-refractivity contribution in [2.75, 3.05) is 23.5 Å². The highest BCUT2D eigenvalue weighted by molar-refractivity contribution is 6.11. The molecule has 1 fully saturated rings. The standard InChI is InChI=1S/C44H56FN5O9/c1-14-15-34(51)48(13)26(2)24-56-36-35(46-25-47-37(36)50(40(54)58-43(7,8)9)41(55)59-44(10,11)12)32-22-31(45)23-33(27(32)3)49(39(53)57-42(4,5)6)38(52)30-20-18-29(19-21-30)28-16-17-28/h18-23,25-26,28,39,53H,16-17,24H2,1-13H3/t26-,39?/m0/s1. The second-order valence-corrected chi connectivity index (χ2v) is 17.3. The van der Waals surface area contributed by atoms with Crippen LogP contribution in [0, 0.1) is 24.6 Å². The third-order valence-corrected chi connectivity index (χ3v) is 8.80. The molecule has 1 aliphatic rings. The summed E-state index contributed by atoms with van der Waals surface area (Å²) in [7, 11) is 1.52. The first-order valence-corrected chi connectivity index (χ1v) is 19.3. The van der Waals surface area contributed by atoms with Gasteiger partial charge in [0.2, 0.25) is 6.41 Å². The quantitative estimate of drug-likeness (QED) is 0.147. The average Bonchev–Trinajstić information content (AvgIpc) is 3.96. The molecule has 1 aromatic heterocycles. The van der Waals surface area contributed by atoms with Gasteiger partial charge >= 0.3 is 12.2 Å². The molecule has 4 amide bonds. The Morgan fingerprint density at radius 3 is 2.00 bits per heavy atom. The van der Waals surface area contributed by atoms with Gasteiger partial charge in [0.05, 0.1) is 17.3 Å². The monoisotopic (exact) mass is 817 g/mol. The predicted octanol–water partition coefficient (Wildman–Crippen LogP) is 8.13. The number of benzene rings is 2. The molecule has 59 heavy (non-hydrogen) atoms. The topological polar surface area (TPSA) is 161 Å². The van der Waals surface area contributed by atoms with Crippen LogP contribution in [0.3, 0.4) is 0 Å². The lowest BCUT2D eigenvalue weighted by Crippen LogP contribution is -2.46. The van der Waals surface area contributed by atoms with Crippen LogP contribution in [0.4, 0.5) is 25.5 Å². The molecule has 0 bridgehead atoms. The predicted molar refractivity (Wildman–Crippen MR) is 220 cm³/mol. The van der Waals surface area contributed by atoms with Crippen molar-refractivity contribution in [2.45, 2.75) is 131 Å². The number of halogens is 1. The highest BCUT2D eigenvalue weighted by Crippen LogP contribution is 2.42. The molecule has 1 heterocycles. The van der Waals surface area contributed by atoms with Crippen LogP contribution >= 0.6 is 0 Å². The van der Waals surface area contributed by atoms with Crippen LogP contribution in [0.15, 0.2) is 42.7 Å². The zero-order chi connectivity index (χ0) is 44.2. The lowest BCUT2D eigenvalue weighted by atomic mass is 10.0. The number of aromatic nitrogens is 2. The smallest absolute Gasteiger partial charge is 0.425 e. The lowest BCUT2D eigenvalue weighted by molar-refractivity contribution is -0.160. The number of hydrogen-bond acceptors (Lipinski definition) is 11. The van der Waals surface area contributed by atoms with Gasteiger partial charge in [-0.25, -0.2) is 23.9 Å². The van der Waals surface area contributed by atoms with Crippen molar-refractivity contribution in [3.05, 3.63) is 65.2 Å². The van der Waals surface area contributed by atoms with Gasteiger partial charge in [0.15, 0.2) is 11.6 Å². The van der Waals surface area contributed by atoms with Crippen molar-refractivity contribution < 1.29 is 47.6 Å². The molecule has 1 unspecified atom stereocenters. The molecule has 0 saturated heterocycles. The zero-order valence-electron chi connectivity index (χ0n) is 36.2. The van der Waals surface area contributed by atoms with Gasteiger partial charge in [0.25, 0.3) is 11.8 Å². The first-order chi connectivity index (χ1) is 27.3. The fourth-order valence-corrected chi connectivity index (χ4v) is 5.73. The van der Waals surface area contributed by atoms with E-state index in [0.29, 0.717) is 10.8 Å². The Morgan fingerprint density at radius 2 is 1.49 bits per heavy atom. The van der Waals surface area contributed by atoms with Gasteiger partial charge in [-0.1, -0.05) is 18.1 Å². The van der Waals surface area contributed by atoms with Crippen LogP contribution in [0.1, 0.15) is 116 Å². The Balaban J connectivity index is 1.98. The number of hydrogen-bond donors (Lipinski definition) is 1. The summed E-state index contributed by atoms with van der Waals surface area (Å²) < 4.78 is 39.6. The minimum atomic E-state index is -1.88. The van der Waals surface area contributed by atoms with E-state index in [9.17, 15) is 24.3 Å². The van der Waals surface area contributed by atoms with Gasteiger partial charge in [-0.3, -0.25) is 14.5 Å². The summed E-state index contributed by atoms with van der Waals surface area (Å²) in [6.45, 7) is 19.3. The van der Waals surface area contributed by atoms with E-state index < -0.39 is 64.9 Å². The summed E-state index contributed by atoms with van der Waals surface area (Å²) >= 11 is 0. The van der Waals surface area contributed by atoms with Gasteiger partial charge in [0, 0.05) is 18.2 Å². The molecular weight excluding hydrogens is 762 g/mol. The van der Waals surface area contributed by atoms with Gasteiger partial charge in [-0.15, -0.1) is 0 Å². The van der Waals surface area contributed by atoms with E-state index in [2.05, 4.69) is 21.8 Å². The number of amides is 4. The molecule has 3 aromatic rings. The maximum Gasteiger partial charge on any atom is 0.425 e. The third kappa shape index (κ3) is 12.2. The summed E-state index contributed by atoms with van der Waals surface area (Å²) in [5, 5.41) is 11.6. The first-order valence-electron chi connectivity index (χ1n) is 19.3. The first kappa shape index (κ1) is 46.1. The highest BCUT2D eigenvalue weighted by Gasteiger charge is 2.38. The summed E-state index contributed by atoms with van der Waals surface area (Å²) in [5.41, 5.74) is -1.73. The Bertz CT molecular complexity index is 2080. The molecule has 1 N–H and O–H groups in total. The molecule has 0 spiro atoms. The zero-order valence-corrected chi connectivity index (χ0v) is 36.2. The fourth-order valence-electron chi connectivity index (χ4n) is 5.73. The minimum absolute atomic E-state index is 0.0331. The van der Waals surface area contributed by atoms with E-state index in [4.69, 9.17) is 18.9 Å². The second kappa shape index (κ2) is 18.1. The number of rotatable bonds is 11. The van der Waals surface area contributed by atoms with Gasteiger partial charge in [0.1, 0.15) is 35.6 Å². The Kier molecular flexibility index (Phi) is 14.2. The number of likely N-dealkylation sites (N-methyl/N-ethyl adjacent to an activating group) is 1. The summed E-state index contributed by atoms with van der Waals surface area (Å²) in [4.78, 5) is 66.4. The van der Waals surface area contributed by atoms with E-state index >= 15 is 4.39 Å². The van der Waals surface area contributed by atoms with E-state index in [1.165, 1.54) is 18.9 Å². The van der Waals surface area contributed by atoms with Crippen molar-refractivity contribution in [1.29, 1.82) is 0 Å². The molecule has 14 nitrogen and oxygen atoms in total. The van der Waals surface area contributed by atoms with Crippen LogP contribution in [0.5, 0.6) is 5.75 Å². The van der Waals surface area contributed by atoms with E-state index in [0.717, 1.165) is 41.8 Å². The molecule has 318 valence electrons. The van der Waals surface area contributed by atoms with Crippen molar-refractivity contribution >= 4 is 35.5 Å². The van der Waals surface area contributed by atoms with Crippen molar-refractivity contribution in [3.63, 3.8) is 0 Å². The van der Waals surface area contributed by atoms with E-state index in [1.807, 2.05) is 12.1 Å². The van der Waals surface area contributed by atoms with E-state index in [-0.39, 0.29) is 40.4 Å². The maximum absolute atomic E-state index is 16.1. The van der Waals surface area contributed by atoms with Crippen LogP contribution in [0.2, 0.25) is 0 Å². The average molecular weight is 818 g/mol. The van der Waals surface area contributed by atoms with Crippen LogP contribution in [-0.2, 0) is 19.0 Å². The Morgan fingerprint density at radius 1 is 0.915 bits per heavy atom. The number of aliphatic hydroxyl groups excluding tert-OH is 1. The minimum Gasteiger partial charge on any atom is -0.485 e. The molecule has 0 radical (unpaired) electrons. The second-order valence-electron chi connectivity index (χ2n) is 17.3. The number of anilines is 2. The number of carbonyl (C=O) groups is 4. The van der Waals surface area contributed by atoms with Crippen molar-refractivity contribution in [2.24, 2.45) is 0 Å². The number of carbonyl (C=O) groups excluding carboxylic acids is 4. The largest absolute Gasteiger partial charge is 0.485 e. The summed E-state index contributed by atoms with van der Waals surface area (Å²) in [5.74, 6) is 2.74. The van der Waals surface area contributed by atoms with Gasteiger partial charge in [-0.2, -0.15) is 4.90 Å².